The number of nitrogens with zero attached hydrogens (tertiary/aromatic N) is 2. The lowest BCUT2D eigenvalue weighted by molar-refractivity contribution is -0.132. The van der Waals surface area contributed by atoms with Gasteiger partial charge in [-0.05, 0) is 69.1 Å². The number of nitrogens with two attached hydrogens (primary N) is 1. The van der Waals surface area contributed by atoms with E-state index in [1.54, 1.807) is 24.3 Å². The summed E-state index contributed by atoms with van der Waals surface area (Å²) < 4.78 is 28.5. The lowest BCUT2D eigenvalue weighted by Crippen LogP contribution is -2.63. The quantitative estimate of drug-likeness (QED) is 0.548. The maximum atomic E-state index is 13.0. The van der Waals surface area contributed by atoms with Gasteiger partial charge in [-0.25, -0.2) is 13.2 Å². The molecule has 1 amide bonds. The zero-order chi connectivity index (χ0) is 24.3. The molecule has 0 unspecified atom stereocenters. The second-order valence-electron chi connectivity index (χ2n) is 8.89. The van der Waals surface area contributed by atoms with Gasteiger partial charge in [0, 0.05) is 13.1 Å². The molecule has 0 radical (unpaired) electrons. The van der Waals surface area contributed by atoms with Gasteiger partial charge in [0.1, 0.15) is 5.54 Å². The van der Waals surface area contributed by atoms with Gasteiger partial charge in [0.15, 0.2) is 0 Å². The number of likely N-dealkylation sites (tertiary alicyclic amines) is 1. The Hall–Kier alpha value is -3.11. The topological polar surface area (TPSA) is 133 Å². The third-order valence-electron chi connectivity index (χ3n) is 6.89. The number of amides is 1. The van der Waals surface area contributed by atoms with Gasteiger partial charge in [-0.2, -0.15) is 0 Å². The third-order valence-corrected chi connectivity index (χ3v) is 8.27. The molecule has 0 bridgehead atoms. The number of piperidine rings is 2. The molecule has 34 heavy (non-hydrogen) atoms. The Kier molecular flexibility index (Phi) is 6.81. The van der Waals surface area contributed by atoms with Crippen molar-refractivity contribution in [3.63, 3.8) is 0 Å². The van der Waals surface area contributed by atoms with Crippen LogP contribution in [-0.2, 0) is 14.8 Å². The summed E-state index contributed by atoms with van der Waals surface area (Å²) in [6.45, 7) is 2.68. The maximum absolute atomic E-state index is 13.0. The van der Waals surface area contributed by atoms with Gasteiger partial charge < -0.3 is 15.7 Å². The lowest BCUT2D eigenvalue weighted by atomic mass is 9.83. The van der Waals surface area contributed by atoms with Gasteiger partial charge in [0.2, 0.25) is 5.91 Å². The number of benzene rings is 2. The number of carboxylic acid groups (broad SMARTS) is 1. The number of hydrogen-bond donors (Lipinski definition) is 3. The molecule has 2 aliphatic heterocycles. The van der Waals surface area contributed by atoms with E-state index >= 15 is 0 Å². The van der Waals surface area contributed by atoms with Crippen molar-refractivity contribution in [2.75, 3.05) is 35.8 Å². The van der Waals surface area contributed by atoms with Crippen LogP contribution in [0.2, 0.25) is 0 Å². The summed E-state index contributed by atoms with van der Waals surface area (Å²) in [6, 6.07) is 12.3. The number of primary amides is 1. The van der Waals surface area contributed by atoms with E-state index in [4.69, 9.17) is 5.73 Å². The molecule has 0 spiro atoms. The molecular weight excluding hydrogens is 456 g/mol. The largest absolute Gasteiger partial charge is 0.478 e. The van der Waals surface area contributed by atoms with Crippen molar-refractivity contribution in [1.29, 1.82) is 0 Å². The highest BCUT2D eigenvalue weighted by molar-refractivity contribution is 7.92. The van der Waals surface area contributed by atoms with Crippen LogP contribution in [0.5, 0.6) is 0 Å². The smallest absolute Gasteiger partial charge is 0.335 e. The summed E-state index contributed by atoms with van der Waals surface area (Å²) in [5.41, 5.74) is 5.92. The number of rotatable bonds is 7. The second kappa shape index (κ2) is 9.63. The molecular formula is C24H30N4O5S. The van der Waals surface area contributed by atoms with Gasteiger partial charge >= 0.3 is 5.97 Å². The first-order valence-electron chi connectivity index (χ1n) is 11.5. The molecule has 2 saturated heterocycles. The van der Waals surface area contributed by atoms with E-state index in [2.05, 4.69) is 9.62 Å². The SMILES string of the molecule is NC(=O)C1(N2CCCCC2)CCN(c2ccc(C(=O)O)cc2NS(=O)(=O)c2ccccc2)CC1. The first kappa shape index (κ1) is 24.0. The van der Waals surface area contributed by atoms with E-state index in [-0.39, 0.29) is 22.1 Å². The minimum atomic E-state index is -3.92. The number of carboxylic acids is 1. The van der Waals surface area contributed by atoms with Crippen LogP contribution in [0.15, 0.2) is 53.4 Å². The van der Waals surface area contributed by atoms with Gasteiger partial charge in [0.05, 0.1) is 21.8 Å². The van der Waals surface area contributed by atoms with Crippen LogP contribution in [0.3, 0.4) is 0 Å². The van der Waals surface area contributed by atoms with E-state index < -0.39 is 21.5 Å². The average molecular weight is 487 g/mol. The predicted molar refractivity (Wildman–Crippen MR) is 129 cm³/mol. The van der Waals surface area contributed by atoms with Crippen LogP contribution in [0, 0.1) is 0 Å². The van der Waals surface area contributed by atoms with Crippen LogP contribution in [-0.4, -0.2) is 62.0 Å². The minimum Gasteiger partial charge on any atom is -0.478 e. The maximum Gasteiger partial charge on any atom is 0.335 e. The van der Waals surface area contributed by atoms with Crippen molar-refractivity contribution in [3.05, 3.63) is 54.1 Å². The fourth-order valence-corrected chi connectivity index (χ4v) is 6.07. The number of carbonyl (C=O) groups excluding carboxylic acids is 1. The molecule has 4 N–H and O–H groups in total. The van der Waals surface area contributed by atoms with Crippen LogP contribution >= 0.6 is 0 Å². The normalized spacial score (nSPS) is 18.9. The zero-order valence-corrected chi connectivity index (χ0v) is 19.8. The highest BCUT2D eigenvalue weighted by Gasteiger charge is 2.45. The Morgan fingerprint density at radius 1 is 0.941 bits per heavy atom. The molecule has 2 heterocycles. The summed E-state index contributed by atoms with van der Waals surface area (Å²) in [7, 11) is -3.92. The molecule has 182 valence electrons. The van der Waals surface area contributed by atoms with Gasteiger partial charge in [0.25, 0.3) is 10.0 Å². The Labute approximate surface area is 199 Å². The van der Waals surface area contributed by atoms with Crippen LogP contribution in [0.4, 0.5) is 11.4 Å². The highest BCUT2D eigenvalue weighted by Crippen LogP contribution is 2.37. The van der Waals surface area contributed by atoms with Crippen molar-refractivity contribution in [1.82, 2.24) is 4.90 Å². The third kappa shape index (κ3) is 4.74. The molecule has 9 nitrogen and oxygen atoms in total. The van der Waals surface area contributed by atoms with Crippen molar-refractivity contribution >= 4 is 33.3 Å². The number of anilines is 2. The van der Waals surface area contributed by atoms with Gasteiger partial charge in [-0.3, -0.25) is 14.4 Å². The number of aromatic carboxylic acids is 1. The average Bonchev–Trinajstić information content (AvgIpc) is 2.85. The first-order valence-corrected chi connectivity index (χ1v) is 13.0. The van der Waals surface area contributed by atoms with Crippen LogP contribution < -0.4 is 15.4 Å². The Balaban J connectivity index is 1.62. The molecule has 4 rings (SSSR count). The summed E-state index contributed by atoms with van der Waals surface area (Å²) in [5, 5.41) is 9.45. The van der Waals surface area contributed by atoms with E-state index in [1.807, 2.05) is 4.90 Å². The van der Waals surface area contributed by atoms with E-state index in [1.165, 1.54) is 24.3 Å². The van der Waals surface area contributed by atoms with Crippen molar-refractivity contribution in [3.8, 4) is 0 Å². The van der Waals surface area contributed by atoms with Crippen LogP contribution in [0.25, 0.3) is 0 Å². The molecule has 10 heteroatoms. The molecule has 2 aromatic carbocycles. The summed E-state index contributed by atoms with van der Waals surface area (Å²) in [4.78, 5) is 28.4. The Morgan fingerprint density at radius 2 is 1.59 bits per heavy atom. The predicted octanol–water partition coefficient (Wildman–Crippen LogP) is 2.50. The highest BCUT2D eigenvalue weighted by atomic mass is 32.2. The monoisotopic (exact) mass is 486 g/mol. The Morgan fingerprint density at radius 3 is 2.18 bits per heavy atom. The number of carbonyl (C=O) groups is 2. The molecule has 2 aliphatic rings. The Bertz CT molecular complexity index is 1160. The molecule has 0 saturated carbocycles. The van der Waals surface area contributed by atoms with Gasteiger partial charge in [-0.15, -0.1) is 0 Å². The first-order chi connectivity index (χ1) is 16.2. The van der Waals surface area contributed by atoms with Crippen molar-refractivity contribution in [2.24, 2.45) is 5.73 Å². The molecule has 2 fully saturated rings. The van der Waals surface area contributed by atoms with Crippen molar-refractivity contribution < 1.29 is 23.1 Å². The molecule has 0 atom stereocenters. The number of hydrogen-bond acceptors (Lipinski definition) is 6. The molecule has 0 aromatic heterocycles. The number of sulfonamides is 1. The fraction of sp³-hybridized carbons (Fsp3) is 0.417. The lowest BCUT2D eigenvalue weighted by Gasteiger charge is -2.48. The van der Waals surface area contributed by atoms with Crippen molar-refractivity contribution in [2.45, 2.75) is 42.5 Å². The van der Waals surface area contributed by atoms with E-state index in [0.717, 1.165) is 32.4 Å². The summed E-state index contributed by atoms with van der Waals surface area (Å²) in [6.07, 6.45) is 4.28. The standard InChI is InChI=1S/C24H30N4O5S/c25-23(31)24(28-13-5-2-6-14-28)11-15-27(16-12-24)21-10-9-18(22(29)30)17-20(21)26-34(32,33)19-7-3-1-4-8-19/h1,3-4,7-10,17,26H,2,5-6,11-16H2,(H2,25,31)(H,29,30). The molecule has 0 aliphatic carbocycles. The zero-order valence-electron chi connectivity index (χ0n) is 18.9. The van der Waals surface area contributed by atoms with Gasteiger partial charge in [-0.1, -0.05) is 24.6 Å². The minimum absolute atomic E-state index is 0.0219. The summed E-state index contributed by atoms with van der Waals surface area (Å²) in [5.74, 6) is -1.47. The van der Waals surface area contributed by atoms with E-state index in [9.17, 15) is 23.1 Å². The fourth-order valence-electron chi connectivity index (χ4n) is 4.99. The number of nitrogens with one attached hydrogen (secondary N) is 1. The van der Waals surface area contributed by atoms with E-state index in [0.29, 0.717) is 31.6 Å². The summed E-state index contributed by atoms with van der Waals surface area (Å²) >= 11 is 0. The second-order valence-corrected chi connectivity index (χ2v) is 10.6. The molecule has 2 aromatic rings. The van der Waals surface area contributed by atoms with Crippen LogP contribution in [0.1, 0.15) is 42.5 Å².